The van der Waals surface area contributed by atoms with Crippen LogP contribution >= 0.6 is 0 Å². The van der Waals surface area contributed by atoms with E-state index in [9.17, 15) is 4.79 Å². The quantitative estimate of drug-likeness (QED) is 0.713. The molecule has 0 fully saturated rings. The second-order valence-electron chi connectivity index (χ2n) is 5.16. The highest BCUT2D eigenvalue weighted by atomic mass is 16.1. The molecule has 2 heterocycles. The van der Waals surface area contributed by atoms with E-state index in [1.54, 1.807) is 12.3 Å². The average Bonchev–Trinajstić information content (AvgIpc) is 2.91. The van der Waals surface area contributed by atoms with Crippen molar-refractivity contribution < 1.29 is 4.79 Å². The molecule has 6 heteroatoms. The fraction of sp³-hybridized carbons (Fsp3) is 0.188. The first-order valence-electron chi connectivity index (χ1n) is 7.00. The van der Waals surface area contributed by atoms with Gasteiger partial charge in [0.15, 0.2) is 0 Å². The summed E-state index contributed by atoms with van der Waals surface area (Å²) in [6.07, 6.45) is 3.79. The van der Waals surface area contributed by atoms with Crippen molar-refractivity contribution in [2.45, 2.75) is 13.0 Å². The highest BCUT2D eigenvalue weighted by Crippen LogP contribution is 2.16. The molecule has 0 radical (unpaired) electrons. The summed E-state index contributed by atoms with van der Waals surface area (Å²) >= 11 is 0. The summed E-state index contributed by atoms with van der Waals surface area (Å²) in [6, 6.07) is 9.32. The number of rotatable bonds is 4. The van der Waals surface area contributed by atoms with Gasteiger partial charge in [-0.25, -0.2) is 4.98 Å². The molecule has 22 heavy (non-hydrogen) atoms. The molecule has 0 saturated heterocycles. The Kier molecular flexibility index (Phi) is 3.74. The third-order valence-corrected chi connectivity index (χ3v) is 3.48. The molecular weight excluding hydrogens is 278 g/mol. The van der Waals surface area contributed by atoms with Crippen LogP contribution in [0.3, 0.4) is 0 Å². The normalized spacial score (nSPS) is 10.8. The van der Waals surface area contributed by atoms with Gasteiger partial charge in [-0.05, 0) is 24.3 Å². The molecule has 0 aliphatic heterocycles. The van der Waals surface area contributed by atoms with Gasteiger partial charge in [-0.1, -0.05) is 6.07 Å². The zero-order valence-corrected chi connectivity index (χ0v) is 12.3. The van der Waals surface area contributed by atoms with Crippen LogP contribution in [0.15, 0.2) is 42.7 Å². The second kappa shape index (κ2) is 5.85. The van der Waals surface area contributed by atoms with E-state index in [1.807, 2.05) is 42.1 Å². The Bertz CT molecular complexity index is 824. The first-order valence-corrected chi connectivity index (χ1v) is 7.00. The fourth-order valence-corrected chi connectivity index (χ4v) is 2.26. The number of aromatic nitrogens is 3. The minimum absolute atomic E-state index is 0.0784. The molecule has 0 bridgehead atoms. The standard InChI is InChI=1S/C16H17N5O/c1-21-7-6-18-15(21)10-19-16(22)9-13-4-2-11-8-12(17)3-5-14(11)20-13/h2-8H,9-10,17H2,1H3,(H,19,22). The van der Waals surface area contributed by atoms with Gasteiger partial charge in [0.05, 0.1) is 24.2 Å². The maximum atomic E-state index is 12.0. The van der Waals surface area contributed by atoms with E-state index in [4.69, 9.17) is 5.73 Å². The molecule has 0 spiro atoms. The highest BCUT2D eigenvalue weighted by Gasteiger charge is 2.07. The van der Waals surface area contributed by atoms with Crippen LogP contribution in [0.5, 0.6) is 0 Å². The minimum atomic E-state index is -0.0784. The Morgan fingerprint density at radius 2 is 2.18 bits per heavy atom. The lowest BCUT2D eigenvalue weighted by molar-refractivity contribution is -0.120. The van der Waals surface area contributed by atoms with Crippen molar-refractivity contribution in [1.82, 2.24) is 19.9 Å². The number of aryl methyl sites for hydroxylation is 1. The number of pyridine rings is 1. The average molecular weight is 295 g/mol. The molecule has 1 amide bonds. The molecule has 0 aliphatic carbocycles. The number of nitrogens with zero attached hydrogens (tertiary/aromatic N) is 3. The molecule has 3 N–H and O–H groups in total. The topological polar surface area (TPSA) is 85.8 Å². The number of hydrogen-bond donors (Lipinski definition) is 2. The van der Waals surface area contributed by atoms with Crippen LogP contribution in [0, 0.1) is 0 Å². The zero-order valence-electron chi connectivity index (χ0n) is 12.3. The number of fused-ring (bicyclic) bond motifs is 1. The maximum Gasteiger partial charge on any atom is 0.226 e. The molecule has 6 nitrogen and oxygen atoms in total. The molecule has 2 aromatic heterocycles. The number of anilines is 1. The number of nitrogens with two attached hydrogens (primary N) is 1. The van der Waals surface area contributed by atoms with Gasteiger partial charge in [0.2, 0.25) is 5.91 Å². The van der Waals surface area contributed by atoms with Crippen LogP contribution in [-0.2, 0) is 24.8 Å². The van der Waals surface area contributed by atoms with Gasteiger partial charge in [0.25, 0.3) is 0 Å². The third-order valence-electron chi connectivity index (χ3n) is 3.48. The van der Waals surface area contributed by atoms with E-state index in [0.29, 0.717) is 12.2 Å². The van der Waals surface area contributed by atoms with E-state index < -0.39 is 0 Å². The van der Waals surface area contributed by atoms with Crippen molar-refractivity contribution in [3.8, 4) is 0 Å². The van der Waals surface area contributed by atoms with Crippen molar-refractivity contribution in [1.29, 1.82) is 0 Å². The van der Waals surface area contributed by atoms with Crippen LogP contribution in [-0.4, -0.2) is 20.4 Å². The summed E-state index contributed by atoms with van der Waals surface area (Å²) in [5.74, 6) is 0.737. The van der Waals surface area contributed by atoms with Crippen LogP contribution in [0.4, 0.5) is 5.69 Å². The molecule has 3 aromatic rings. The van der Waals surface area contributed by atoms with Gasteiger partial charge in [-0.15, -0.1) is 0 Å². The molecule has 3 rings (SSSR count). The number of carbonyl (C=O) groups is 1. The van der Waals surface area contributed by atoms with Crippen LogP contribution < -0.4 is 11.1 Å². The molecular formula is C16H17N5O. The lowest BCUT2D eigenvalue weighted by Crippen LogP contribution is -2.26. The highest BCUT2D eigenvalue weighted by molar-refractivity contribution is 5.83. The van der Waals surface area contributed by atoms with Gasteiger partial charge >= 0.3 is 0 Å². The number of nitrogens with one attached hydrogen (secondary N) is 1. The first kappa shape index (κ1) is 14.1. The number of amides is 1. The monoisotopic (exact) mass is 295 g/mol. The lowest BCUT2D eigenvalue weighted by Gasteiger charge is -2.06. The third kappa shape index (κ3) is 3.06. The van der Waals surface area contributed by atoms with Gasteiger partial charge < -0.3 is 15.6 Å². The molecule has 0 unspecified atom stereocenters. The molecule has 0 atom stereocenters. The fourth-order valence-electron chi connectivity index (χ4n) is 2.26. The van der Waals surface area contributed by atoms with Gasteiger partial charge in [0.1, 0.15) is 5.82 Å². The number of imidazole rings is 1. The van der Waals surface area contributed by atoms with Crippen molar-refractivity contribution >= 4 is 22.5 Å². The Labute approximate surface area is 128 Å². The summed E-state index contributed by atoms with van der Waals surface area (Å²) in [4.78, 5) is 20.6. The van der Waals surface area contributed by atoms with Crippen LogP contribution in [0.1, 0.15) is 11.5 Å². The van der Waals surface area contributed by atoms with Crippen molar-refractivity contribution in [2.24, 2.45) is 7.05 Å². The van der Waals surface area contributed by atoms with Crippen molar-refractivity contribution in [3.05, 3.63) is 54.2 Å². The Hall–Kier alpha value is -2.89. The number of benzene rings is 1. The predicted molar refractivity (Wildman–Crippen MR) is 84.9 cm³/mol. The van der Waals surface area contributed by atoms with Gasteiger partial charge in [-0.2, -0.15) is 0 Å². The molecule has 0 aliphatic rings. The number of nitrogen functional groups attached to an aromatic ring is 1. The van der Waals surface area contributed by atoms with E-state index in [-0.39, 0.29) is 12.3 Å². The molecule has 1 aromatic carbocycles. The SMILES string of the molecule is Cn1ccnc1CNC(=O)Cc1ccc2cc(N)ccc2n1. The largest absolute Gasteiger partial charge is 0.399 e. The zero-order chi connectivity index (χ0) is 15.5. The Morgan fingerprint density at radius 1 is 1.32 bits per heavy atom. The van der Waals surface area contributed by atoms with Gasteiger partial charge in [-0.3, -0.25) is 9.78 Å². The van der Waals surface area contributed by atoms with Crippen molar-refractivity contribution in [3.63, 3.8) is 0 Å². The van der Waals surface area contributed by atoms with Crippen molar-refractivity contribution in [2.75, 3.05) is 5.73 Å². The summed E-state index contributed by atoms with van der Waals surface area (Å²) < 4.78 is 1.87. The summed E-state index contributed by atoms with van der Waals surface area (Å²) in [5.41, 5.74) is 8.01. The van der Waals surface area contributed by atoms with E-state index in [1.165, 1.54) is 0 Å². The predicted octanol–water partition coefficient (Wildman–Crippen LogP) is 1.41. The first-order chi connectivity index (χ1) is 10.6. The van der Waals surface area contributed by atoms with Crippen LogP contribution in [0.2, 0.25) is 0 Å². The molecule has 0 saturated carbocycles. The maximum absolute atomic E-state index is 12.0. The minimum Gasteiger partial charge on any atom is -0.399 e. The Balaban J connectivity index is 1.66. The summed E-state index contributed by atoms with van der Waals surface area (Å²) in [5, 5.41) is 3.82. The lowest BCUT2D eigenvalue weighted by atomic mass is 10.1. The molecule has 112 valence electrons. The summed E-state index contributed by atoms with van der Waals surface area (Å²) in [7, 11) is 1.89. The van der Waals surface area contributed by atoms with E-state index >= 15 is 0 Å². The smallest absolute Gasteiger partial charge is 0.226 e. The van der Waals surface area contributed by atoms with Crippen LogP contribution in [0.25, 0.3) is 10.9 Å². The Morgan fingerprint density at radius 3 is 2.95 bits per heavy atom. The number of carbonyl (C=O) groups excluding carboxylic acids is 1. The second-order valence-corrected chi connectivity index (χ2v) is 5.16. The summed E-state index contributed by atoms with van der Waals surface area (Å²) in [6.45, 7) is 0.409. The number of hydrogen-bond acceptors (Lipinski definition) is 4. The van der Waals surface area contributed by atoms with E-state index in [2.05, 4.69) is 15.3 Å². The van der Waals surface area contributed by atoms with E-state index in [0.717, 1.165) is 22.4 Å². The van der Waals surface area contributed by atoms with Gasteiger partial charge in [0, 0.05) is 30.5 Å².